The highest BCUT2D eigenvalue weighted by Crippen LogP contribution is 2.52. The minimum Gasteiger partial charge on any atom is -0.381 e. The molecule has 15 heavy (non-hydrogen) atoms. The lowest BCUT2D eigenvalue weighted by Gasteiger charge is -2.48. The number of methoxy groups -OCH3 is 1. The summed E-state index contributed by atoms with van der Waals surface area (Å²) in [6.45, 7) is 4.89. The van der Waals surface area contributed by atoms with Gasteiger partial charge in [0.1, 0.15) is 0 Å². The molecule has 0 aliphatic heterocycles. The molecule has 0 heterocycles. The van der Waals surface area contributed by atoms with E-state index < -0.39 is 0 Å². The molecule has 0 aromatic rings. The van der Waals surface area contributed by atoms with E-state index in [1.165, 1.54) is 25.7 Å². The van der Waals surface area contributed by atoms with Gasteiger partial charge in [0.25, 0.3) is 0 Å². The Kier molecular flexibility index (Phi) is 3.46. The summed E-state index contributed by atoms with van der Waals surface area (Å²) < 4.78 is 6.32. The molecular formula is C13H21IO. The summed E-state index contributed by atoms with van der Waals surface area (Å²) in [6.07, 6.45) is 7.92. The van der Waals surface area contributed by atoms with Gasteiger partial charge < -0.3 is 4.74 Å². The third kappa shape index (κ3) is 1.99. The van der Waals surface area contributed by atoms with Crippen molar-refractivity contribution >= 4 is 22.6 Å². The van der Waals surface area contributed by atoms with Gasteiger partial charge in [-0.3, -0.25) is 0 Å². The van der Waals surface area contributed by atoms with Gasteiger partial charge in [0.2, 0.25) is 0 Å². The van der Waals surface area contributed by atoms with Crippen molar-refractivity contribution in [1.29, 1.82) is 0 Å². The van der Waals surface area contributed by atoms with Crippen molar-refractivity contribution in [3.63, 3.8) is 0 Å². The van der Waals surface area contributed by atoms with Gasteiger partial charge >= 0.3 is 0 Å². The molecule has 4 atom stereocenters. The molecule has 1 nitrogen and oxygen atoms in total. The van der Waals surface area contributed by atoms with Crippen LogP contribution < -0.4 is 0 Å². The fourth-order valence-electron chi connectivity index (χ4n) is 3.10. The molecule has 0 amide bonds. The zero-order chi connectivity index (χ0) is 11.1. The maximum Gasteiger partial charge on any atom is 0.0608 e. The predicted octanol–water partition coefficient (Wildman–Crippen LogP) is 3.96. The van der Waals surface area contributed by atoms with Crippen molar-refractivity contribution in [2.24, 2.45) is 11.3 Å². The number of allylic oxidation sites excluding steroid dienone is 1. The van der Waals surface area contributed by atoms with Gasteiger partial charge in [-0.1, -0.05) is 48.1 Å². The highest BCUT2D eigenvalue weighted by molar-refractivity contribution is 14.1. The molecule has 0 spiro atoms. The van der Waals surface area contributed by atoms with Gasteiger partial charge in [0.05, 0.1) is 6.10 Å². The van der Waals surface area contributed by atoms with Crippen LogP contribution in [0.5, 0.6) is 0 Å². The molecular weight excluding hydrogens is 299 g/mol. The molecule has 86 valence electrons. The van der Waals surface area contributed by atoms with Crippen LogP contribution in [-0.4, -0.2) is 17.1 Å². The first-order chi connectivity index (χ1) is 7.08. The molecule has 0 aromatic heterocycles. The number of rotatable bonds is 1. The first-order valence-corrected chi connectivity index (χ1v) is 7.19. The van der Waals surface area contributed by atoms with E-state index in [1.807, 2.05) is 7.11 Å². The summed E-state index contributed by atoms with van der Waals surface area (Å²) in [6, 6.07) is 0. The van der Waals surface area contributed by atoms with Gasteiger partial charge in [-0.25, -0.2) is 0 Å². The molecule has 0 N–H and O–H groups in total. The average Bonchev–Trinajstić information content (AvgIpc) is 2.25. The third-order valence-corrected chi connectivity index (χ3v) is 6.22. The monoisotopic (exact) mass is 320 g/mol. The lowest BCUT2D eigenvalue weighted by Crippen LogP contribution is -2.41. The molecule has 2 unspecified atom stereocenters. The minimum absolute atomic E-state index is 0.457. The Morgan fingerprint density at radius 1 is 1.53 bits per heavy atom. The highest BCUT2D eigenvalue weighted by atomic mass is 127. The van der Waals surface area contributed by atoms with Crippen molar-refractivity contribution in [1.82, 2.24) is 0 Å². The summed E-state index contributed by atoms with van der Waals surface area (Å²) >= 11 is 2.62. The van der Waals surface area contributed by atoms with Gasteiger partial charge in [0.15, 0.2) is 0 Å². The topological polar surface area (TPSA) is 9.23 Å². The maximum absolute atomic E-state index is 5.50. The first kappa shape index (κ1) is 11.9. The normalized spacial score (nSPS) is 45.9. The SMILES string of the molecule is CO[C@H]1CC[C@@]2(C)C(=CCC(I)C2C)C1. The second-order valence-corrected chi connectivity index (χ2v) is 6.89. The molecule has 0 aromatic carbocycles. The Morgan fingerprint density at radius 2 is 2.27 bits per heavy atom. The van der Waals surface area contributed by atoms with Crippen LogP contribution in [0.2, 0.25) is 0 Å². The largest absolute Gasteiger partial charge is 0.381 e. The van der Waals surface area contributed by atoms with Crippen LogP contribution in [0.3, 0.4) is 0 Å². The zero-order valence-electron chi connectivity index (χ0n) is 9.92. The minimum atomic E-state index is 0.457. The predicted molar refractivity (Wildman–Crippen MR) is 72.4 cm³/mol. The van der Waals surface area contributed by atoms with E-state index in [4.69, 9.17) is 4.74 Å². The smallest absolute Gasteiger partial charge is 0.0608 e. The van der Waals surface area contributed by atoms with Gasteiger partial charge in [0, 0.05) is 11.0 Å². The zero-order valence-corrected chi connectivity index (χ0v) is 12.1. The van der Waals surface area contributed by atoms with Crippen molar-refractivity contribution in [3.8, 4) is 0 Å². The molecule has 1 fully saturated rings. The van der Waals surface area contributed by atoms with Crippen LogP contribution in [-0.2, 0) is 4.74 Å². The lowest BCUT2D eigenvalue weighted by atomic mass is 9.60. The summed E-state index contributed by atoms with van der Waals surface area (Å²) in [5.41, 5.74) is 2.13. The summed E-state index contributed by atoms with van der Waals surface area (Å²) in [4.78, 5) is 0. The van der Waals surface area contributed by atoms with Crippen molar-refractivity contribution < 1.29 is 4.74 Å². The fraction of sp³-hybridized carbons (Fsp3) is 0.846. The van der Waals surface area contributed by atoms with Crippen molar-refractivity contribution in [3.05, 3.63) is 11.6 Å². The Bertz CT molecular complexity index is 274. The Hall–Kier alpha value is 0.430. The van der Waals surface area contributed by atoms with E-state index >= 15 is 0 Å². The number of fused-ring (bicyclic) bond motifs is 1. The molecule has 0 saturated heterocycles. The summed E-state index contributed by atoms with van der Waals surface area (Å²) in [5.74, 6) is 0.816. The Morgan fingerprint density at radius 3 is 2.93 bits per heavy atom. The van der Waals surface area contributed by atoms with Gasteiger partial charge in [-0.2, -0.15) is 0 Å². The van der Waals surface area contributed by atoms with Crippen LogP contribution in [0.4, 0.5) is 0 Å². The summed E-state index contributed by atoms with van der Waals surface area (Å²) in [5, 5.41) is 0. The molecule has 2 rings (SSSR count). The Balaban J connectivity index is 2.22. The number of hydrogen-bond donors (Lipinski definition) is 0. The quantitative estimate of drug-likeness (QED) is 0.404. The lowest BCUT2D eigenvalue weighted by molar-refractivity contribution is 0.0447. The van der Waals surface area contributed by atoms with Gasteiger partial charge in [-0.05, 0) is 37.0 Å². The van der Waals surface area contributed by atoms with E-state index in [2.05, 4.69) is 42.5 Å². The van der Waals surface area contributed by atoms with Crippen LogP contribution in [0, 0.1) is 11.3 Å². The van der Waals surface area contributed by atoms with Gasteiger partial charge in [-0.15, -0.1) is 0 Å². The van der Waals surface area contributed by atoms with Crippen LogP contribution in [0.15, 0.2) is 11.6 Å². The fourth-order valence-corrected chi connectivity index (χ4v) is 4.15. The van der Waals surface area contributed by atoms with E-state index in [1.54, 1.807) is 5.57 Å². The average molecular weight is 320 g/mol. The number of halogens is 1. The number of alkyl halides is 1. The second-order valence-electron chi connectivity index (χ2n) is 5.29. The van der Waals surface area contributed by atoms with E-state index in [0.29, 0.717) is 11.5 Å². The van der Waals surface area contributed by atoms with Crippen molar-refractivity contribution in [2.45, 2.75) is 49.6 Å². The molecule has 2 aliphatic rings. The second kappa shape index (κ2) is 4.36. The van der Waals surface area contributed by atoms with Crippen LogP contribution in [0.25, 0.3) is 0 Å². The van der Waals surface area contributed by atoms with E-state index in [9.17, 15) is 0 Å². The highest BCUT2D eigenvalue weighted by Gasteiger charge is 2.43. The first-order valence-electron chi connectivity index (χ1n) is 5.94. The van der Waals surface area contributed by atoms with Crippen LogP contribution >= 0.6 is 22.6 Å². The van der Waals surface area contributed by atoms with Crippen molar-refractivity contribution in [2.75, 3.05) is 7.11 Å². The maximum atomic E-state index is 5.50. The summed E-state index contributed by atoms with van der Waals surface area (Å²) in [7, 11) is 1.85. The standard InChI is InChI=1S/C13H21IO/c1-9-12(14)5-4-10-8-11(15-3)6-7-13(9,10)2/h4,9,11-12H,5-8H2,1-3H3/t9?,11-,12?,13+/m0/s1. The van der Waals surface area contributed by atoms with E-state index in [0.717, 1.165) is 9.84 Å². The Labute approximate surface area is 107 Å². The molecule has 2 heteroatoms. The number of hydrogen-bond acceptors (Lipinski definition) is 1. The van der Waals surface area contributed by atoms with E-state index in [-0.39, 0.29) is 0 Å². The third-order valence-electron chi connectivity index (χ3n) is 4.64. The molecule has 0 radical (unpaired) electrons. The molecule has 2 aliphatic carbocycles. The van der Waals surface area contributed by atoms with Crippen LogP contribution in [0.1, 0.15) is 39.5 Å². The number of ether oxygens (including phenoxy) is 1. The molecule has 0 bridgehead atoms. The molecule has 1 saturated carbocycles.